The highest BCUT2D eigenvalue weighted by atomic mass is 32.2. The number of anilines is 2. The number of thioether (sulfide) groups is 1. The van der Waals surface area contributed by atoms with Gasteiger partial charge in [-0.25, -0.2) is 9.97 Å². The number of aromatic nitrogens is 2. The monoisotopic (exact) mass is 266 g/mol. The molecule has 2 rings (SSSR count). The molecule has 4 nitrogen and oxygen atoms in total. The lowest BCUT2D eigenvalue weighted by Crippen LogP contribution is -2.15. The van der Waals surface area contributed by atoms with Crippen LogP contribution < -0.4 is 10.6 Å². The minimum atomic E-state index is 0.789. The molecule has 1 fully saturated rings. The van der Waals surface area contributed by atoms with E-state index in [-0.39, 0.29) is 0 Å². The maximum atomic E-state index is 4.56. The van der Waals surface area contributed by atoms with Crippen LogP contribution in [0.2, 0.25) is 0 Å². The van der Waals surface area contributed by atoms with Crippen molar-refractivity contribution in [2.75, 3.05) is 35.7 Å². The van der Waals surface area contributed by atoms with Gasteiger partial charge in [0.25, 0.3) is 0 Å². The Kier molecular flexibility index (Phi) is 5.11. The normalized spacial score (nSPS) is 18.9. The Morgan fingerprint density at radius 1 is 1.39 bits per heavy atom. The van der Waals surface area contributed by atoms with E-state index in [1.54, 1.807) is 0 Å². The summed E-state index contributed by atoms with van der Waals surface area (Å²) in [6.07, 6.45) is 3.33. The average Bonchev–Trinajstić information content (AvgIpc) is 2.89. The van der Waals surface area contributed by atoms with Crippen molar-refractivity contribution in [1.29, 1.82) is 0 Å². The standard InChI is InChI=1S/C13H22N4S/c1-3-4-11-16-12(14-2)7-13(17-11)15-8-10-5-6-18-9-10/h7,10H,3-6,8-9H2,1-2H3,(H2,14,15,16,17). The fourth-order valence-corrected chi connectivity index (χ4v) is 3.33. The quantitative estimate of drug-likeness (QED) is 0.829. The minimum absolute atomic E-state index is 0.789. The Morgan fingerprint density at radius 2 is 2.22 bits per heavy atom. The third-order valence-corrected chi connectivity index (χ3v) is 4.33. The molecule has 0 spiro atoms. The molecule has 1 aliphatic rings. The zero-order chi connectivity index (χ0) is 12.8. The fraction of sp³-hybridized carbons (Fsp3) is 0.692. The topological polar surface area (TPSA) is 49.8 Å². The molecular formula is C13H22N4S. The van der Waals surface area contributed by atoms with Crippen LogP contribution in [0.5, 0.6) is 0 Å². The molecule has 0 amide bonds. The Morgan fingerprint density at radius 3 is 2.89 bits per heavy atom. The van der Waals surface area contributed by atoms with Crippen molar-refractivity contribution in [3.8, 4) is 0 Å². The van der Waals surface area contributed by atoms with E-state index < -0.39 is 0 Å². The zero-order valence-electron chi connectivity index (χ0n) is 11.2. The van der Waals surface area contributed by atoms with Crippen molar-refractivity contribution in [3.05, 3.63) is 11.9 Å². The van der Waals surface area contributed by atoms with Crippen LogP contribution in [0.1, 0.15) is 25.6 Å². The molecule has 0 saturated carbocycles. The van der Waals surface area contributed by atoms with Gasteiger partial charge in [0.2, 0.25) is 0 Å². The van der Waals surface area contributed by atoms with Gasteiger partial charge in [0.05, 0.1) is 0 Å². The van der Waals surface area contributed by atoms with E-state index in [0.717, 1.165) is 42.8 Å². The maximum Gasteiger partial charge on any atom is 0.133 e. The Labute approximate surface area is 113 Å². The number of hydrogen-bond acceptors (Lipinski definition) is 5. The summed E-state index contributed by atoms with van der Waals surface area (Å²) in [4.78, 5) is 9.02. The molecule has 2 N–H and O–H groups in total. The number of aryl methyl sites for hydroxylation is 1. The van der Waals surface area contributed by atoms with Gasteiger partial charge >= 0.3 is 0 Å². The van der Waals surface area contributed by atoms with Crippen molar-refractivity contribution in [3.63, 3.8) is 0 Å². The predicted molar refractivity (Wildman–Crippen MR) is 79.5 cm³/mol. The molecular weight excluding hydrogens is 244 g/mol. The van der Waals surface area contributed by atoms with Crippen LogP contribution in [0.3, 0.4) is 0 Å². The summed E-state index contributed by atoms with van der Waals surface area (Å²) in [5, 5.41) is 6.55. The second-order valence-corrected chi connectivity index (χ2v) is 5.81. The van der Waals surface area contributed by atoms with Crippen LogP contribution in [-0.4, -0.2) is 35.1 Å². The summed E-state index contributed by atoms with van der Waals surface area (Å²) in [7, 11) is 1.90. The predicted octanol–water partition coefficient (Wildman–Crippen LogP) is 2.64. The van der Waals surface area contributed by atoms with Gasteiger partial charge in [-0.15, -0.1) is 0 Å². The number of nitrogens with zero attached hydrogens (tertiary/aromatic N) is 2. The Balaban J connectivity index is 1.98. The molecule has 0 aliphatic carbocycles. The summed E-state index contributed by atoms with van der Waals surface area (Å²) >= 11 is 2.05. The van der Waals surface area contributed by atoms with Gasteiger partial charge in [0.15, 0.2) is 0 Å². The highest BCUT2D eigenvalue weighted by Crippen LogP contribution is 2.23. The van der Waals surface area contributed by atoms with Gasteiger partial charge in [-0.2, -0.15) is 11.8 Å². The van der Waals surface area contributed by atoms with Gasteiger partial charge < -0.3 is 10.6 Å². The maximum absolute atomic E-state index is 4.56. The first-order valence-corrected chi connectivity index (χ1v) is 7.84. The molecule has 1 aromatic rings. The molecule has 0 aromatic carbocycles. The van der Waals surface area contributed by atoms with E-state index in [1.165, 1.54) is 17.9 Å². The summed E-state index contributed by atoms with van der Waals surface area (Å²) < 4.78 is 0. The lowest BCUT2D eigenvalue weighted by molar-refractivity contribution is 0.630. The summed E-state index contributed by atoms with van der Waals surface area (Å²) in [6, 6.07) is 1.99. The van der Waals surface area contributed by atoms with Gasteiger partial charge in [-0.3, -0.25) is 0 Å². The van der Waals surface area contributed by atoms with Gasteiger partial charge in [0, 0.05) is 26.1 Å². The van der Waals surface area contributed by atoms with Crippen molar-refractivity contribution in [1.82, 2.24) is 9.97 Å². The number of rotatable bonds is 6. The van der Waals surface area contributed by atoms with E-state index in [1.807, 2.05) is 13.1 Å². The second-order valence-electron chi connectivity index (χ2n) is 4.67. The first-order valence-electron chi connectivity index (χ1n) is 6.69. The molecule has 0 bridgehead atoms. The minimum Gasteiger partial charge on any atom is -0.373 e. The Bertz CT molecular complexity index is 377. The lowest BCUT2D eigenvalue weighted by atomic mass is 10.1. The average molecular weight is 266 g/mol. The van der Waals surface area contributed by atoms with Crippen LogP contribution in [0, 0.1) is 5.92 Å². The molecule has 5 heteroatoms. The van der Waals surface area contributed by atoms with Crippen LogP contribution in [0.4, 0.5) is 11.6 Å². The molecule has 0 radical (unpaired) electrons. The number of hydrogen-bond donors (Lipinski definition) is 2. The van der Waals surface area contributed by atoms with Crippen molar-refractivity contribution in [2.24, 2.45) is 5.92 Å². The highest BCUT2D eigenvalue weighted by molar-refractivity contribution is 7.99. The first-order chi connectivity index (χ1) is 8.81. The molecule has 1 aromatic heterocycles. The smallest absolute Gasteiger partial charge is 0.133 e. The number of nitrogens with one attached hydrogen (secondary N) is 2. The molecule has 1 saturated heterocycles. The molecule has 1 unspecified atom stereocenters. The molecule has 2 heterocycles. The molecule has 18 heavy (non-hydrogen) atoms. The second kappa shape index (κ2) is 6.83. The van der Waals surface area contributed by atoms with Gasteiger partial charge in [0.1, 0.15) is 17.5 Å². The third kappa shape index (κ3) is 3.77. The van der Waals surface area contributed by atoms with E-state index in [0.29, 0.717) is 0 Å². The van der Waals surface area contributed by atoms with Crippen molar-refractivity contribution >= 4 is 23.4 Å². The van der Waals surface area contributed by atoms with E-state index >= 15 is 0 Å². The van der Waals surface area contributed by atoms with Gasteiger partial charge in [-0.1, -0.05) is 6.92 Å². The fourth-order valence-electron chi connectivity index (χ4n) is 2.04. The molecule has 100 valence electrons. The van der Waals surface area contributed by atoms with Gasteiger partial charge in [-0.05, 0) is 30.3 Å². The lowest BCUT2D eigenvalue weighted by Gasteiger charge is -2.12. The van der Waals surface area contributed by atoms with Crippen molar-refractivity contribution in [2.45, 2.75) is 26.2 Å². The van der Waals surface area contributed by atoms with E-state index in [9.17, 15) is 0 Å². The summed E-state index contributed by atoms with van der Waals surface area (Å²) in [6.45, 7) is 3.18. The Hall–Kier alpha value is -0.970. The van der Waals surface area contributed by atoms with Crippen LogP contribution in [0.15, 0.2) is 6.07 Å². The van der Waals surface area contributed by atoms with E-state index in [2.05, 4.69) is 39.3 Å². The highest BCUT2D eigenvalue weighted by Gasteiger charge is 2.15. The largest absolute Gasteiger partial charge is 0.373 e. The summed E-state index contributed by atoms with van der Waals surface area (Å²) in [5.41, 5.74) is 0. The molecule has 1 atom stereocenters. The van der Waals surface area contributed by atoms with Crippen molar-refractivity contribution < 1.29 is 0 Å². The van der Waals surface area contributed by atoms with Crippen LogP contribution in [0.25, 0.3) is 0 Å². The first kappa shape index (κ1) is 13.5. The van der Waals surface area contributed by atoms with Crippen LogP contribution >= 0.6 is 11.8 Å². The zero-order valence-corrected chi connectivity index (χ0v) is 12.0. The SMILES string of the molecule is CCCc1nc(NC)cc(NCC2CCSC2)n1. The van der Waals surface area contributed by atoms with Crippen LogP contribution in [-0.2, 0) is 6.42 Å². The molecule has 1 aliphatic heterocycles. The third-order valence-electron chi connectivity index (χ3n) is 3.10. The summed E-state index contributed by atoms with van der Waals surface area (Å²) in [5.74, 6) is 6.15. The van der Waals surface area contributed by atoms with E-state index in [4.69, 9.17) is 0 Å².